The molecule has 0 aliphatic carbocycles. The number of thiophene rings is 1. The molecule has 1 amide bonds. The van der Waals surface area contributed by atoms with E-state index in [4.69, 9.17) is 0 Å². The first kappa shape index (κ1) is 16.0. The van der Waals surface area contributed by atoms with Crippen molar-refractivity contribution in [3.05, 3.63) is 88.9 Å². The van der Waals surface area contributed by atoms with Gasteiger partial charge < -0.3 is 5.32 Å². The van der Waals surface area contributed by atoms with Gasteiger partial charge in [-0.15, -0.1) is 11.3 Å². The van der Waals surface area contributed by atoms with Gasteiger partial charge in [-0.05, 0) is 36.8 Å². The molecule has 0 saturated carbocycles. The number of pyridine rings is 1. The summed E-state index contributed by atoms with van der Waals surface area (Å²) in [7, 11) is 0. The Hall–Kier alpha value is -3.18. The topological polar surface area (TPSA) is 45.2 Å². The van der Waals surface area contributed by atoms with Gasteiger partial charge >= 0.3 is 0 Å². The smallest absolute Gasteiger partial charge is 0.272 e. The average Bonchev–Trinajstić information content (AvgIpc) is 3.08. The third-order valence-electron chi connectivity index (χ3n) is 4.85. The third kappa shape index (κ3) is 2.59. The first-order valence-electron chi connectivity index (χ1n) is 8.81. The van der Waals surface area contributed by atoms with Crippen LogP contribution < -0.4 is 10.2 Å². The van der Waals surface area contributed by atoms with Crippen molar-refractivity contribution in [2.45, 2.75) is 13.1 Å². The number of carbonyl (C=O) groups excluding carboxylic acids is 1. The standard InChI is InChI=1S/C22H17N3OS/c1-14-9-11-15(12-10-14)20-24-18-17-8-5-13-23-21(17)27-19(18)22(26)25(20)16-6-3-2-4-7-16/h2-13,20,24H,1H3/t20-/m0/s1. The van der Waals surface area contributed by atoms with E-state index in [1.54, 1.807) is 6.20 Å². The van der Waals surface area contributed by atoms with Crippen LogP contribution >= 0.6 is 11.3 Å². The highest BCUT2D eigenvalue weighted by Crippen LogP contribution is 2.43. The number of fused-ring (bicyclic) bond motifs is 3. The lowest BCUT2D eigenvalue weighted by molar-refractivity contribution is 0.0979. The fourth-order valence-electron chi connectivity index (χ4n) is 3.49. The number of hydrogen-bond donors (Lipinski definition) is 1. The fourth-order valence-corrected chi connectivity index (χ4v) is 4.53. The van der Waals surface area contributed by atoms with E-state index in [1.165, 1.54) is 16.9 Å². The number of para-hydroxylation sites is 1. The molecule has 5 heteroatoms. The first-order chi connectivity index (χ1) is 13.2. The number of anilines is 2. The predicted octanol–water partition coefficient (Wildman–Crippen LogP) is 5.38. The van der Waals surface area contributed by atoms with Crippen LogP contribution in [0.15, 0.2) is 72.9 Å². The van der Waals surface area contributed by atoms with Crippen molar-refractivity contribution < 1.29 is 4.79 Å². The number of amides is 1. The molecule has 1 aliphatic heterocycles. The molecule has 2 aromatic carbocycles. The van der Waals surface area contributed by atoms with Crippen molar-refractivity contribution in [3.8, 4) is 0 Å². The monoisotopic (exact) mass is 371 g/mol. The lowest BCUT2D eigenvalue weighted by Gasteiger charge is -2.37. The largest absolute Gasteiger partial charge is 0.359 e. The molecule has 1 aliphatic rings. The van der Waals surface area contributed by atoms with Crippen LogP contribution in [0, 0.1) is 6.92 Å². The van der Waals surface area contributed by atoms with Gasteiger partial charge in [0.15, 0.2) is 0 Å². The highest BCUT2D eigenvalue weighted by atomic mass is 32.1. The molecule has 2 aromatic heterocycles. The Labute approximate surface area is 161 Å². The Kier molecular flexibility index (Phi) is 3.69. The van der Waals surface area contributed by atoms with Crippen LogP contribution in [0.4, 0.5) is 11.4 Å². The zero-order valence-electron chi connectivity index (χ0n) is 14.7. The molecule has 1 atom stereocenters. The molecule has 4 aromatic rings. The molecular weight excluding hydrogens is 354 g/mol. The SMILES string of the molecule is Cc1ccc([C@H]2Nc3c(sc4ncccc34)C(=O)N2c2ccccc2)cc1. The predicted molar refractivity (Wildman–Crippen MR) is 110 cm³/mol. The van der Waals surface area contributed by atoms with Crippen molar-refractivity contribution in [2.24, 2.45) is 0 Å². The second-order valence-electron chi connectivity index (χ2n) is 6.63. The van der Waals surface area contributed by atoms with Crippen LogP contribution in [0.1, 0.15) is 27.0 Å². The number of carbonyl (C=O) groups is 1. The van der Waals surface area contributed by atoms with E-state index in [1.807, 2.05) is 47.4 Å². The second-order valence-corrected chi connectivity index (χ2v) is 7.63. The highest BCUT2D eigenvalue weighted by molar-refractivity contribution is 7.21. The minimum absolute atomic E-state index is 0.00326. The maximum atomic E-state index is 13.5. The van der Waals surface area contributed by atoms with Gasteiger partial charge in [0.05, 0.1) is 5.69 Å². The lowest BCUT2D eigenvalue weighted by atomic mass is 10.0. The Balaban J connectivity index is 1.71. The minimum atomic E-state index is -0.272. The number of aromatic nitrogens is 1. The van der Waals surface area contributed by atoms with Crippen LogP contribution in [-0.2, 0) is 0 Å². The summed E-state index contributed by atoms with van der Waals surface area (Å²) in [5, 5.41) is 4.61. The fraction of sp³-hybridized carbons (Fsp3) is 0.0909. The molecule has 1 N–H and O–H groups in total. The molecule has 132 valence electrons. The lowest BCUT2D eigenvalue weighted by Crippen LogP contribution is -2.42. The summed E-state index contributed by atoms with van der Waals surface area (Å²) < 4.78 is 0. The molecule has 0 spiro atoms. The molecule has 3 heterocycles. The van der Waals surface area contributed by atoms with Crippen LogP contribution in [0.2, 0.25) is 0 Å². The summed E-state index contributed by atoms with van der Waals surface area (Å²) >= 11 is 1.44. The van der Waals surface area contributed by atoms with Gasteiger partial charge in [-0.3, -0.25) is 9.69 Å². The summed E-state index contributed by atoms with van der Waals surface area (Å²) in [5.41, 5.74) is 3.99. The van der Waals surface area contributed by atoms with Gasteiger partial charge in [0.2, 0.25) is 0 Å². The molecular formula is C22H17N3OS. The first-order valence-corrected chi connectivity index (χ1v) is 9.63. The van der Waals surface area contributed by atoms with Crippen molar-refractivity contribution in [1.82, 2.24) is 4.98 Å². The Morgan fingerprint density at radius 2 is 1.78 bits per heavy atom. The van der Waals surface area contributed by atoms with Crippen molar-refractivity contribution in [3.63, 3.8) is 0 Å². The quantitative estimate of drug-likeness (QED) is 0.515. The molecule has 4 nitrogen and oxygen atoms in total. The van der Waals surface area contributed by atoms with Crippen LogP contribution in [0.25, 0.3) is 10.2 Å². The van der Waals surface area contributed by atoms with Crippen molar-refractivity contribution in [1.29, 1.82) is 0 Å². The zero-order valence-corrected chi connectivity index (χ0v) is 15.5. The molecule has 0 fully saturated rings. The van der Waals surface area contributed by atoms with E-state index in [9.17, 15) is 4.79 Å². The molecule has 5 rings (SSSR count). The van der Waals surface area contributed by atoms with Gasteiger partial charge in [0.1, 0.15) is 15.9 Å². The van der Waals surface area contributed by atoms with E-state index in [0.29, 0.717) is 4.88 Å². The normalized spacial score (nSPS) is 16.3. The van der Waals surface area contributed by atoms with Gasteiger partial charge in [0, 0.05) is 17.3 Å². The Bertz CT molecular complexity index is 1140. The molecule has 0 radical (unpaired) electrons. The number of hydrogen-bond acceptors (Lipinski definition) is 4. The molecule has 27 heavy (non-hydrogen) atoms. The number of benzene rings is 2. The maximum absolute atomic E-state index is 13.5. The van der Waals surface area contributed by atoms with Gasteiger partial charge in [-0.2, -0.15) is 0 Å². The van der Waals surface area contributed by atoms with Crippen molar-refractivity contribution in [2.75, 3.05) is 10.2 Å². The van der Waals surface area contributed by atoms with E-state index in [-0.39, 0.29) is 12.1 Å². The Morgan fingerprint density at radius 3 is 2.56 bits per heavy atom. The maximum Gasteiger partial charge on any atom is 0.272 e. The average molecular weight is 371 g/mol. The third-order valence-corrected chi connectivity index (χ3v) is 5.95. The van der Waals surface area contributed by atoms with Crippen molar-refractivity contribution >= 4 is 38.8 Å². The summed E-state index contributed by atoms with van der Waals surface area (Å²) in [4.78, 5) is 21.4. The van der Waals surface area contributed by atoms with Crippen LogP contribution in [-0.4, -0.2) is 10.9 Å². The van der Waals surface area contributed by atoms with Gasteiger partial charge in [-0.1, -0.05) is 48.0 Å². The zero-order chi connectivity index (χ0) is 18.4. The van der Waals surface area contributed by atoms with E-state index in [0.717, 1.165) is 27.2 Å². The molecule has 0 bridgehead atoms. The second kappa shape index (κ2) is 6.21. The molecule has 0 unspecified atom stereocenters. The number of rotatable bonds is 2. The number of nitrogens with one attached hydrogen (secondary N) is 1. The number of aryl methyl sites for hydroxylation is 1. The summed E-state index contributed by atoms with van der Waals surface area (Å²) in [6.07, 6.45) is 1.49. The Morgan fingerprint density at radius 1 is 1.00 bits per heavy atom. The van der Waals surface area contributed by atoms with Crippen LogP contribution in [0.5, 0.6) is 0 Å². The number of nitrogens with zero attached hydrogens (tertiary/aromatic N) is 2. The minimum Gasteiger partial charge on any atom is -0.359 e. The van der Waals surface area contributed by atoms with E-state index >= 15 is 0 Å². The summed E-state index contributed by atoms with van der Waals surface area (Å²) in [6.45, 7) is 2.06. The summed E-state index contributed by atoms with van der Waals surface area (Å²) in [5.74, 6) is 0.00326. The van der Waals surface area contributed by atoms with E-state index < -0.39 is 0 Å². The van der Waals surface area contributed by atoms with Crippen LogP contribution in [0.3, 0.4) is 0 Å². The van der Waals surface area contributed by atoms with Gasteiger partial charge in [0.25, 0.3) is 5.91 Å². The van der Waals surface area contributed by atoms with E-state index in [2.05, 4.69) is 41.5 Å². The highest BCUT2D eigenvalue weighted by Gasteiger charge is 2.36. The summed E-state index contributed by atoms with van der Waals surface area (Å²) in [6, 6.07) is 22.0. The molecule has 0 saturated heterocycles. The van der Waals surface area contributed by atoms with Gasteiger partial charge in [-0.25, -0.2) is 4.98 Å².